The molecular formula is C19H21N3O4S. The normalized spacial score (nSPS) is 17.2. The van der Waals surface area contributed by atoms with Crippen LogP contribution >= 0.6 is 0 Å². The monoisotopic (exact) mass is 387 g/mol. The van der Waals surface area contributed by atoms with Crippen LogP contribution in [-0.2, 0) is 19.6 Å². The molecule has 1 fully saturated rings. The molecule has 0 aliphatic carbocycles. The van der Waals surface area contributed by atoms with E-state index in [1.807, 2.05) is 31.2 Å². The van der Waals surface area contributed by atoms with Crippen molar-refractivity contribution in [3.8, 4) is 0 Å². The molecule has 2 N–H and O–H groups in total. The number of carbonyl (C=O) groups is 2. The number of sulfonamides is 1. The zero-order chi connectivity index (χ0) is 19.6. The predicted octanol–water partition coefficient (Wildman–Crippen LogP) is 1.89. The minimum Gasteiger partial charge on any atom is -0.326 e. The van der Waals surface area contributed by atoms with E-state index in [9.17, 15) is 18.0 Å². The Balaban J connectivity index is 1.66. The van der Waals surface area contributed by atoms with Gasteiger partial charge < -0.3 is 10.2 Å². The van der Waals surface area contributed by atoms with Gasteiger partial charge in [-0.05, 0) is 50.4 Å². The number of hydrogen-bond acceptors (Lipinski definition) is 4. The van der Waals surface area contributed by atoms with E-state index >= 15 is 0 Å². The standard InChI is InChI=1S/C19H21N3O4S/c1-13-3-7-16(8-4-13)22-12-14(11-18(22)23)19(24)21-15-5-9-17(10-6-15)27(25,26)20-2/h3-10,14,20H,11-12H2,1-2H3,(H,21,24)/t14-/m0/s1. The fourth-order valence-electron chi connectivity index (χ4n) is 2.94. The molecule has 2 aromatic carbocycles. The van der Waals surface area contributed by atoms with Crippen molar-refractivity contribution >= 4 is 33.2 Å². The number of aryl methyl sites for hydroxylation is 1. The van der Waals surface area contributed by atoms with Gasteiger partial charge in [-0.15, -0.1) is 0 Å². The van der Waals surface area contributed by atoms with Crippen molar-refractivity contribution in [3.05, 3.63) is 54.1 Å². The van der Waals surface area contributed by atoms with Crippen LogP contribution in [0.1, 0.15) is 12.0 Å². The van der Waals surface area contributed by atoms with E-state index in [0.717, 1.165) is 11.3 Å². The fraction of sp³-hybridized carbons (Fsp3) is 0.263. The lowest BCUT2D eigenvalue weighted by Gasteiger charge is -2.17. The maximum atomic E-state index is 12.5. The number of benzene rings is 2. The fourth-order valence-corrected chi connectivity index (χ4v) is 3.67. The lowest BCUT2D eigenvalue weighted by Crippen LogP contribution is -2.28. The van der Waals surface area contributed by atoms with Crippen molar-refractivity contribution in [2.75, 3.05) is 23.8 Å². The van der Waals surface area contributed by atoms with Gasteiger partial charge in [-0.2, -0.15) is 0 Å². The number of anilines is 2. The summed E-state index contributed by atoms with van der Waals surface area (Å²) in [6, 6.07) is 13.5. The average molecular weight is 387 g/mol. The average Bonchev–Trinajstić information content (AvgIpc) is 3.05. The minimum absolute atomic E-state index is 0.0885. The molecule has 1 aliphatic rings. The lowest BCUT2D eigenvalue weighted by atomic mass is 10.1. The van der Waals surface area contributed by atoms with Crippen molar-refractivity contribution in [2.24, 2.45) is 5.92 Å². The Morgan fingerprint density at radius 3 is 2.30 bits per heavy atom. The van der Waals surface area contributed by atoms with Crippen molar-refractivity contribution in [1.29, 1.82) is 0 Å². The molecule has 0 spiro atoms. The van der Waals surface area contributed by atoms with E-state index in [-0.39, 0.29) is 23.1 Å². The molecule has 0 bridgehead atoms. The highest BCUT2D eigenvalue weighted by atomic mass is 32.2. The zero-order valence-corrected chi connectivity index (χ0v) is 15.9. The van der Waals surface area contributed by atoms with Crippen LogP contribution in [0.2, 0.25) is 0 Å². The molecule has 1 heterocycles. The number of nitrogens with zero attached hydrogens (tertiary/aromatic N) is 1. The molecule has 1 saturated heterocycles. The molecule has 2 amide bonds. The summed E-state index contributed by atoms with van der Waals surface area (Å²) in [7, 11) is -2.19. The van der Waals surface area contributed by atoms with Crippen molar-refractivity contribution in [2.45, 2.75) is 18.2 Å². The summed E-state index contributed by atoms with van der Waals surface area (Å²) in [4.78, 5) is 26.5. The van der Waals surface area contributed by atoms with Crippen molar-refractivity contribution in [1.82, 2.24) is 4.72 Å². The third-order valence-electron chi connectivity index (χ3n) is 4.54. The summed E-state index contributed by atoms with van der Waals surface area (Å²) in [5, 5.41) is 2.75. The molecule has 0 unspecified atom stereocenters. The summed E-state index contributed by atoms with van der Waals surface area (Å²) in [5.41, 5.74) is 2.36. The minimum atomic E-state index is -3.52. The second kappa shape index (κ2) is 7.50. The van der Waals surface area contributed by atoms with E-state index in [0.29, 0.717) is 12.2 Å². The Kier molecular flexibility index (Phi) is 5.29. The first-order chi connectivity index (χ1) is 12.8. The van der Waals surface area contributed by atoms with Crippen LogP contribution in [0.15, 0.2) is 53.4 Å². The first-order valence-corrected chi connectivity index (χ1v) is 10.00. The quantitative estimate of drug-likeness (QED) is 0.819. The SMILES string of the molecule is CNS(=O)(=O)c1ccc(NC(=O)[C@H]2CC(=O)N(c3ccc(C)cc3)C2)cc1. The Morgan fingerprint density at radius 2 is 1.70 bits per heavy atom. The molecule has 27 heavy (non-hydrogen) atoms. The van der Waals surface area contributed by atoms with Gasteiger partial charge in [-0.25, -0.2) is 13.1 Å². The van der Waals surface area contributed by atoms with E-state index in [1.165, 1.54) is 31.3 Å². The molecule has 0 radical (unpaired) electrons. The number of nitrogens with one attached hydrogen (secondary N) is 2. The number of hydrogen-bond donors (Lipinski definition) is 2. The summed E-state index contributed by atoms with van der Waals surface area (Å²) in [6.07, 6.45) is 0.145. The van der Waals surface area contributed by atoms with Crippen LogP contribution < -0.4 is 14.9 Å². The first-order valence-electron chi connectivity index (χ1n) is 8.51. The molecular weight excluding hydrogens is 366 g/mol. The van der Waals surface area contributed by atoms with Gasteiger partial charge in [0.15, 0.2) is 0 Å². The Bertz CT molecular complexity index is 953. The van der Waals surface area contributed by atoms with Gasteiger partial charge in [0.2, 0.25) is 21.8 Å². The highest BCUT2D eigenvalue weighted by Gasteiger charge is 2.35. The predicted molar refractivity (Wildman–Crippen MR) is 103 cm³/mol. The van der Waals surface area contributed by atoms with Crippen LogP contribution in [0.25, 0.3) is 0 Å². The molecule has 1 aliphatic heterocycles. The molecule has 0 saturated carbocycles. The molecule has 2 aromatic rings. The summed E-state index contributed by atoms with van der Waals surface area (Å²) >= 11 is 0. The molecule has 8 heteroatoms. The Morgan fingerprint density at radius 1 is 1.07 bits per heavy atom. The van der Waals surface area contributed by atoms with Crippen molar-refractivity contribution < 1.29 is 18.0 Å². The van der Waals surface area contributed by atoms with Gasteiger partial charge in [0.05, 0.1) is 10.8 Å². The maximum absolute atomic E-state index is 12.5. The van der Waals surface area contributed by atoms with Gasteiger partial charge >= 0.3 is 0 Å². The highest BCUT2D eigenvalue weighted by Crippen LogP contribution is 2.26. The van der Waals surface area contributed by atoms with Crippen LogP contribution in [0, 0.1) is 12.8 Å². The molecule has 142 valence electrons. The summed E-state index contributed by atoms with van der Waals surface area (Å²) in [5.74, 6) is -0.809. The van der Waals surface area contributed by atoms with Crippen LogP contribution in [0.5, 0.6) is 0 Å². The first kappa shape index (κ1) is 19.1. The van der Waals surface area contributed by atoms with Crippen LogP contribution in [0.4, 0.5) is 11.4 Å². The van der Waals surface area contributed by atoms with Gasteiger partial charge in [-0.3, -0.25) is 9.59 Å². The van der Waals surface area contributed by atoms with E-state index in [1.54, 1.807) is 4.90 Å². The lowest BCUT2D eigenvalue weighted by molar-refractivity contribution is -0.122. The van der Waals surface area contributed by atoms with Gasteiger partial charge in [0, 0.05) is 24.3 Å². The Hall–Kier alpha value is -2.71. The van der Waals surface area contributed by atoms with E-state index in [2.05, 4.69) is 10.0 Å². The summed E-state index contributed by atoms with van der Waals surface area (Å²) in [6.45, 7) is 2.29. The van der Waals surface area contributed by atoms with Gasteiger partial charge in [-0.1, -0.05) is 17.7 Å². The summed E-state index contributed by atoms with van der Waals surface area (Å²) < 4.78 is 25.7. The van der Waals surface area contributed by atoms with Crippen molar-refractivity contribution in [3.63, 3.8) is 0 Å². The zero-order valence-electron chi connectivity index (χ0n) is 15.1. The largest absolute Gasteiger partial charge is 0.326 e. The van der Waals surface area contributed by atoms with Crippen LogP contribution in [-0.4, -0.2) is 33.8 Å². The van der Waals surface area contributed by atoms with E-state index < -0.39 is 15.9 Å². The van der Waals surface area contributed by atoms with Gasteiger partial charge in [0.25, 0.3) is 0 Å². The molecule has 3 rings (SSSR count). The molecule has 7 nitrogen and oxygen atoms in total. The second-order valence-electron chi connectivity index (χ2n) is 6.46. The molecule has 1 atom stereocenters. The third kappa shape index (κ3) is 4.17. The second-order valence-corrected chi connectivity index (χ2v) is 8.35. The van der Waals surface area contributed by atoms with E-state index in [4.69, 9.17) is 0 Å². The third-order valence-corrected chi connectivity index (χ3v) is 5.97. The molecule has 0 aromatic heterocycles. The number of carbonyl (C=O) groups excluding carboxylic acids is 2. The topological polar surface area (TPSA) is 95.6 Å². The Labute approximate surface area is 158 Å². The number of amides is 2. The van der Waals surface area contributed by atoms with Gasteiger partial charge in [0.1, 0.15) is 0 Å². The highest BCUT2D eigenvalue weighted by molar-refractivity contribution is 7.89. The smallest absolute Gasteiger partial charge is 0.240 e. The maximum Gasteiger partial charge on any atom is 0.240 e. The van der Waals surface area contributed by atoms with Crippen LogP contribution in [0.3, 0.4) is 0 Å². The number of rotatable bonds is 5.